The lowest BCUT2D eigenvalue weighted by molar-refractivity contribution is -0.106. The van der Waals surface area contributed by atoms with E-state index in [9.17, 15) is 0 Å². The van der Waals surface area contributed by atoms with E-state index >= 15 is 0 Å². The lowest BCUT2D eigenvalue weighted by atomic mass is 10.1. The Morgan fingerprint density at radius 3 is 2.13 bits per heavy atom. The summed E-state index contributed by atoms with van der Waals surface area (Å²) in [5.74, 6) is 0. The van der Waals surface area contributed by atoms with Crippen LogP contribution in [0.4, 0.5) is 0 Å². The number of ether oxygens (including phenoxy) is 2. The predicted octanol–water partition coefficient (Wildman–Crippen LogP) is 3.10. The van der Waals surface area contributed by atoms with Gasteiger partial charge in [0, 0.05) is 19.8 Å². The SMILES string of the molecule is C=C(C)Cc1ccc(C(OC)OC)cc1. The summed E-state index contributed by atoms with van der Waals surface area (Å²) in [7, 11) is 3.27. The topological polar surface area (TPSA) is 18.5 Å². The van der Waals surface area contributed by atoms with E-state index in [2.05, 4.69) is 18.7 Å². The molecule has 0 aromatic heterocycles. The van der Waals surface area contributed by atoms with Crippen LogP contribution in [-0.2, 0) is 15.9 Å². The minimum absolute atomic E-state index is 0.274. The molecule has 2 heteroatoms. The first-order valence-corrected chi connectivity index (χ1v) is 4.96. The Kier molecular flexibility index (Phi) is 4.53. The molecular formula is C13H18O2. The summed E-state index contributed by atoms with van der Waals surface area (Å²) in [4.78, 5) is 0. The fraction of sp³-hybridized carbons (Fsp3) is 0.385. The van der Waals surface area contributed by atoms with Crippen molar-refractivity contribution in [3.8, 4) is 0 Å². The first-order valence-electron chi connectivity index (χ1n) is 4.96. The molecule has 0 aliphatic heterocycles. The number of hydrogen-bond donors (Lipinski definition) is 0. The van der Waals surface area contributed by atoms with Crippen LogP contribution in [0.2, 0.25) is 0 Å². The first kappa shape index (κ1) is 12.0. The van der Waals surface area contributed by atoms with Gasteiger partial charge in [0.15, 0.2) is 6.29 Å². The highest BCUT2D eigenvalue weighted by atomic mass is 16.7. The molecule has 0 radical (unpaired) electrons. The molecule has 0 spiro atoms. The Morgan fingerprint density at radius 1 is 1.20 bits per heavy atom. The zero-order chi connectivity index (χ0) is 11.3. The third-order valence-corrected chi connectivity index (χ3v) is 2.19. The lowest BCUT2D eigenvalue weighted by Crippen LogP contribution is -2.03. The van der Waals surface area contributed by atoms with Crippen molar-refractivity contribution in [3.63, 3.8) is 0 Å². The lowest BCUT2D eigenvalue weighted by Gasteiger charge is -2.13. The zero-order valence-electron chi connectivity index (χ0n) is 9.62. The van der Waals surface area contributed by atoms with Gasteiger partial charge in [0.25, 0.3) is 0 Å². The van der Waals surface area contributed by atoms with Crippen LogP contribution in [0.1, 0.15) is 24.3 Å². The molecule has 1 aromatic carbocycles. The molecule has 0 aliphatic rings. The Labute approximate surface area is 91.5 Å². The summed E-state index contributed by atoms with van der Waals surface area (Å²) in [5, 5.41) is 0. The van der Waals surface area contributed by atoms with Gasteiger partial charge in [-0.2, -0.15) is 0 Å². The molecule has 0 heterocycles. The molecule has 0 saturated carbocycles. The van der Waals surface area contributed by atoms with Crippen molar-refractivity contribution < 1.29 is 9.47 Å². The smallest absolute Gasteiger partial charge is 0.183 e. The van der Waals surface area contributed by atoms with Crippen molar-refractivity contribution >= 4 is 0 Å². The highest BCUT2D eigenvalue weighted by molar-refractivity contribution is 5.26. The summed E-state index contributed by atoms with van der Waals surface area (Å²) in [6.45, 7) is 5.92. The van der Waals surface area contributed by atoms with Crippen LogP contribution in [0.3, 0.4) is 0 Å². The Balaban J connectivity index is 2.75. The Hall–Kier alpha value is -1.12. The van der Waals surface area contributed by atoms with Crippen LogP contribution in [-0.4, -0.2) is 14.2 Å². The fourth-order valence-electron chi connectivity index (χ4n) is 1.51. The average Bonchev–Trinajstić information content (AvgIpc) is 2.21. The molecule has 2 nitrogen and oxygen atoms in total. The summed E-state index contributed by atoms with van der Waals surface area (Å²) in [6.07, 6.45) is 0.647. The van der Waals surface area contributed by atoms with E-state index in [1.165, 1.54) is 5.56 Å². The quantitative estimate of drug-likeness (QED) is 0.544. The molecule has 82 valence electrons. The van der Waals surface area contributed by atoms with Crippen molar-refractivity contribution in [2.24, 2.45) is 0 Å². The largest absolute Gasteiger partial charge is 0.352 e. The number of rotatable bonds is 5. The van der Waals surface area contributed by atoms with Gasteiger partial charge >= 0.3 is 0 Å². The van der Waals surface area contributed by atoms with Gasteiger partial charge in [-0.05, 0) is 18.9 Å². The van der Waals surface area contributed by atoms with Gasteiger partial charge in [-0.1, -0.05) is 36.4 Å². The van der Waals surface area contributed by atoms with E-state index in [0.29, 0.717) is 0 Å². The molecule has 1 aromatic rings. The van der Waals surface area contributed by atoms with Crippen LogP contribution in [0.25, 0.3) is 0 Å². The predicted molar refractivity (Wildman–Crippen MR) is 61.7 cm³/mol. The van der Waals surface area contributed by atoms with Gasteiger partial charge in [-0.25, -0.2) is 0 Å². The first-order chi connectivity index (χ1) is 7.17. The minimum Gasteiger partial charge on any atom is -0.352 e. The Bertz CT molecular complexity index is 310. The van der Waals surface area contributed by atoms with Gasteiger partial charge < -0.3 is 9.47 Å². The number of benzene rings is 1. The Morgan fingerprint density at radius 2 is 1.73 bits per heavy atom. The van der Waals surface area contributed by atoms with Crippen LogP contribution in [0.5, 0.6) is 0 Å². The molecule has 0 fully saturated rings. The molecule has 0 aliphatic carbocycles. The zero-order valence-corrected chi connectivity index (χ0v) is 9.62. The van der Waals surface area contributed by atoms with Crippen LogP contribution in [0, 0.1) is 0 Å². The molecule has 1 rings (SSSR count). The van der Waals surface area contributed by atoms with Crippen LogP contribution < -0.4 is 0 Å². The molecule has 0 N–H and O–H groups in total. The maximum Gasteiger partial charge on any atom is 0.183 e. The highest BCUT2D eigenvalue weighted by Gasteiger charge is 2.07. The summed E-state index contributed by atoms with van der Waals surface area (Å²) >= 11 is 0. The summed E-state index contributed by atoms with van der Waals surface area (Å²) < 4.78 is 10.3. The molecule has 15 heavy (non-hydrogen) atoms. The van der Waals surface area contributed by atoms with Crippen molar-refractivity contribution in [3.05, 3.63) is 47.5 Å². The number of methoxy groups -OCH3 is 2. The molecular weight excluding hydrogens is 188 g/mol. The van der Waals surface area contributed by atoms with Crippen LogP contribution in [0.15, 0.2) is 36.4 Å². The molecule has 0 saturated heterocycles. The summed E-state index contributed by atoms with van der Waals surface area (Å²) in [6, 6.07) is 8.20. The van der Waals surface area contributed by atoms with Crippen molar-refractivity contribution in [1.82, 2.24) is 0 Å². The van der Waals surface area contributed by atoms with E-state index in [-0.39, 0.29) is 6.29 Å². The highest BCUT2D eigenvalue weighted by Crippen LogP contribution is 2.18. The molecule has 0 unspecified atom stereocenters. The van der Waals surface area contributed by atoms with E-state index in [1.54, 1.807) is 14.2 Å². The van der Waals surface area contributed by atoms with Crippen molar-refractivity contribution in [2.75, 3.05) is 14.2 Å². The summed E-state index contributed by atoms with van der Waals surface area (Å²) in [5.41, 5.74) is 3.46. The number of allylic oxidation sites excluding steroid dienone is 1. The van der Waals surface area contributed by atoms with E-state index in [4.69, 9.17) is 9.47 Å². The fourth-order valence-corrected chi connectivity index (χ4v) is 1.51. The maximum absolute atomic E-state index is 5.17. The van der Waals surface area contributed by atoms with Crippen LogP contribution >= 0.6 is 0 Å². The monoisotopic (exact) mass is 206 g/mol. The van der Waals surface area contributed by atoms with E-state index < -0.39 is 0 Å². The van der Waals surface area contributed by atoms with Gasteiger partial charge in [0.1, 0.15) is 0 Å². The van der Waals surface area contributed by atoms with Gasteiger partial charge in [0.2, 0.25) is 0 Å². The average molecular weight is 206 g/mol. The second-order valence-corrected chi connectivity index (χ2v) is 3.68. The van der Waals surface area contributed by atoms with Gasteiger partial charge in [-0.3, -0.25) is 0 Å². The number of hydrogen-bond acceptors (Lipinski definition) is 2. The molecule has 0 atom stereocenters. The second-order valence-electron chi connectivity index (χ2n) is 3.68. The second kappa shape index (κ2) is 5.69. The standard InChI is InChI=1S/C13H18O2/c1-10(2)9-11-5-7-12(8-6-11)13(14-3)15-4/h5-8,13H,1,9H2,2-4H3. The van der Waals surface area contributed by atoms with Crippen molar-refractivity contribution in [1.29, 1.82) is 0 Å². The van der Waals surface area contributed by atoms with Gasteiger partial charge in [0.05, 0.1) is 0 Å². The maximum atomic E-state index is 5.17. The normalized spacial score (nSPS) is 10.7. The van der Waals surface area contributed by atoms with Gasteiger partial charge in [-0.15, -0.1) is 0 Å². The molecule has 0 amide bonds. The van der Waals surface area contributed by atoms with E-state index in [0.717, 1.165) is 17.6 Å². The van der Waals surface area contributed by atoms with Crippen molar-refractivity contribution in [2.45, 2.75) is 19.6 Å². The van der Waals surface area contributed by atoms with E-state index in [1.807, 2.05) is 19.1 Å². The molecule has 0 bridgehead atoms. The third kappa shape index (κ3) is 3.50. The third-order valence-electron chi connectivity index (χ3n) is 2.19. The minimum atomic E-state index is -0.274.